The fourth-order valence-electron chi connectivity index (χ4n) is 3.87. The second-order valence-electron chi connectivity index (χ2n) is 7.35. The van der Waals surface area contributed by atoms with E-state index in [1.165, 1.54) is 30.3 Å². The van der Waals surface area contributed by atoms with Crippen molar-refractivity contribution in [2.45, 2.75) is 51.4 Å². The fourth-order valence-corrected chi connectivity index (χ4v) is 4.76. The molecule has 0 N–H and O–H groups in total. The Balaban J connectivity index is 1.54. The summed E-state index contributed by atoms with van der Waals surface area (Å²) in [6.07, 6.45) is 2.42. The van der Waals surface area contributed by atoms with Gasteiger partial charge in [-0.3, -0.25) is 4.79 Å². The van der Waals surface area contributed by atoms with Crippen LogP contribution in [-0.2, 0) is 6.54 Å². The first kappa shape index (κ1) is 19.8. The van der Waals surface area contributed by atoms with Gasteiger partial charge in [0.25, 0.3) is 0 Å². The molecular formula is C22H26N4O2S. The van der Waals surface area contributed by atoms with E-state index in [-0.39, 0.29) is 5.78 Å². The predicted molar refractivity (Wildman–Crippen MR) is 115 cm³/mol. The zero-order chi connectivity index (χ0) is 20.5. The number of benzene rings is 1. The topological polar surface area (TPSA) is 61.9 Å². The van der Waals surface area contributed by atoms with Crippen molar-refractivity contribution in [1.29, 1.82) is 0 Å². The SMILES string of the molecule is CCn1c(SCC(=O)c2cc(C)n(C3CC3)c2C)nnc1-c1ccccc1OC. The summed E-state index contributed by atoms with van der Waals surface area (Å²) in [5.41, 5.74) is 3.99. The van der Waals surface area contributed by atoms with Crippen LogP contribution in [0.3, 0.4) is 0 Å². The predicted octanol–water partition coefficient (Wildman–Crippen LogP) is 4.70. The molecule has 29 heavy (non-hydrogen) atoms. The van der Waals surface area contributed by atoms with Crippen LogP contribution in [0.4, 0.5) is 0 Å². The van der Waals surface area contributed by atoms with Gasteiger partial charge < -0.3 is 13.9 Å². The number of aryl methyl sites for hydroxylation is 1. The monoisotopic (exact) mass is 410 g/mol. The molecule has 0 amide bonds. The van der Waals surface area contributed by atoms with Crippen molar-refractivity contribution in [3.8, 4) is 17.1 Å². The zero-order valence-corrected chi connectivity index (χ0v) is 18.1. The first-order valence-electron chi connectivity index (χ1n) is 9.96. The van der Waals surface area contributed by atoms with Gasteiger partial charge in [-0.1, -0.05) is 23.9 Å². The first-order valence-corrected chi connectivity index (χ1v) is 10.9. The standard InChI is InChI=1S/C22H26N4O2S/c1-5-25-21(17-8-6-7-9-20(17)28-4)23-24-22(25)29-13-19(27)18-12-14(2)26(15(18)3)16-10-11-16/h6-9,12,16H,5,10-11,13H2,1-4H3. The molecule has 152 valence electrons. The number of hydrogen-bond donors (Lipinski definition) is 0. The molecule has 2 aromatic heterocycles. The summed E-state index contributed by atoms with van der Waals surface area (Å²) in [6.45, 7) is 6.91. The molecule has 1 aliphatic carbocycles. The van der Waals surface area contributed by atoms with E-state index >= 15 is 0 Å². The van der Waals surface area contributed by atoms with E-state index in [4.69, 9.17) is 4.74 Å². The van der Waals surface area contributed by atoms with Crippen LogP contribution in [0.2, 0.25) is 0 Å². The highest BCUT2D eigenvalue weighted by Crippen LogP contribution is 2.38. The van der Waals surface area contributed by atoms with E-state index in [0.29, 0.717) is 18.3 Å². The van der Waals surface area contributed by atoms with Crippen LogP contribution in [0, 0.1) is 13.8 Å². The van der Waals surface area contributed by atoms with Gasteiger partial charge >= 0.3 is 0 Å². The number of carbonyl (C=O) groups excluding carboxylic acids is 1. The maximum absolute atomic E-state index is 12.9. The molecular weight excluding hydrogens is 384 g/mol. The molecule has 2 heterocycles. The maximum atomic E-state index is 12.9. The Morgan fingerprint density at radius 2 is 2.00 bits per heavy atom. The molecule has 0 bridgehead atoms. The highest BCUT2D eigenvalue weighted by Gasteiger charge is 2.28. The van der Waals surface area contributed by atoms with Gasteiger partial charge in [0.1, 0.15) is 5.75 Å². The third-order valence-corrected chi connectivity index (χ3v) is 6.38. The third-order valence-electron chi connectivity index (χ3n) is 5.41. The Kier molecular flexibility index (Phi) is 5.50. The number of ketones is 1. The molecule has 0 atom stereocenters. The van der Waals surface area contributed by atoms with Crippen molar-refractivity contribution in [3.63, 3.8) is 0 Å². The summed E-state index contributed by atoms with van der Waals surface area (Å²) in [5, 5.41) is 9.48. The number of rotatable bonds is 8. The van der Waals surface area contributed by atoms with Gasteiger partial charge in [0.2, 0.25) is 0 Å². The minimum Gasteiger partial charge on any atom is -0.496 e. The van der Waals surface area contributed by atoms with Gasteiger partial charge in [-0.2, -0.15) is 0 Å². The summed E-state index contributed by atoms with van der Waals surface area (Å²) < 4.78 is 9.81. The van der Waals surface area contributed by atoms with Crippen LogP contribution in [0.15, 0.2) is 35.5 Å². The lowest BCUT2D eigenvalue weighted by atomic mass is 10.2. The number of thioether (sulfide) groups is 1. The van der Waals surface area contributed by atoms with Crippen molar-refractivity contribution < 1.29 is 9.53 Å². The first-order chi connectivity index (χ1) is 14.0. The number of aromatic nitrogens is 4. The molecule has 4 rings (SSSR count). The molecule has 0 saturated heterocycles. The summed E-state index contributed by atoms with van der Waals surface area (Å²) in [6, 6.07) is 10.4. The van der Waals surface area contributed by atoms with Crippen molar-refractivity contribution in [2.24, 2.45) is 0 Å². The molecule has 0 aliphatic heterocycles. The maximum Gasteiger partial charge on any atom is 0.191 e. The molecule has 1 saturated carbocycles. The molecule has 7 heteroatoms. The number of methoxy groups -OCH3 is 1. The van der Waals surface area contributed by atoms with E-state index in [2.05, 4.69) is 35.5 Å². The third kappa shape index (κ3) is 3.71. The number of nitrogens with zero attached hydrogens (tertiary/aromatic N) is 4. The number of para-hydroxylation sites is 1. The molecule has 1 fully saturated rings. The highest BCUT2D eigenvalue weighted by atomic mass is 32.2. The van der Waals surface area contributed by atoms with Gasteiger partial charge in [-0.25, -0.2) is 0 Å². The molecule has 1 aliphatic rings. The van der Waals surface area contributed by atoms with E-state index in [9.17, 15) is 4.79 Å². The summed E-state index contributed by atoms with van der Waals surface area (Å²) in [5.74, 6) is 2.00. The molecule has 3 aromatic rings. The van der Waals surface area contributed by atoms with E-state index < -0.39 is 0 Å². The largest absolute Gasteiger partial charge is 0.496 e. The Labute approximate surface area is 175 Å². The Hall–Kier alpha value is -2.54. The van der Waals surface area contributed by atoms with Crippen LogP contribution in [0.25, 0.3) is 11.4 Å². The minimum absolute atomic E-state index is 0.138. The average Bonchev–Trinajstić information content (AvgIpc) is 3.40. The summed E-state index contributed by atoms with van der Waals surface area (Å²) in [4.78, 5) is 12.9. The number of carbonyl (C=O) groups is 1. The summed E-state index contributed by atoms with van der Waals surface area (Å²) in [7, 11) is 1.65. The van der Waals surface area contributed by atoms with Gasteiger partial charge in [-0.05, 0) is 51.8 Å². The van der Waals surface area contributed by atoms with Gasteiger partial charge in [0.05, 0.1) is 18.4 Å². The molecule has 6 nitrogen and oxygen atoms in total. The second kappa shape index (κ2) is 8.06. The van der Waals surface area contributed by atoms with E-state index in [0.717, 1.165) is 33.6 Å². The Bertz CT molecular complexity index is 1050. The minimum atomic E-state index is 0.138. The second-order valence-corrected chi connectivity index (χ2v) is 8.29. The van der Waals surface area contributed by atoms with Gasteiger partial charge in [0.15, 0.2) is 16.8 Å². The van der Waals surface area contributed by atoms with E-state index in [1.54, 1.807) is 7.11 Å². The normalized spacial score (nSPS) is 13.7. The Morgan fingerprint density at radius 1 is 1.24 bits per heavy atom. The lowest BCUT2D eigenvalue weighted by Gasteiger charge is -2.10. The fraction of sp³-hybridized carbons (Fsp3) is 0.409. The van der Waals surface area contributed by atoms with Crippen molar-refractivity contribution in [1.82, 2.24) is 19.3 Å². The summed E-state index contributed by atoms with van der Waals surface area (Å²) >= 11 is 1.44. The van der Waals surface area contributed by atoms with Gasteiger partial charge in [-0.15, -0.1) is 10.2 Å². The van der Waals surface area contributed by atoms with E-state index in [1.807, 2.05) is 34.9 Å². The van der Waals surface area contributed by atoms with Crippen LogP contribution in [-0.4, -0.2) is 38.0 Å². The number of ether oxygens (including phenoxy) is 1. The Morgan fingerprint density at radius 3 is 2.69 bits per heavy atom. The quantitative estimate of drug-likeness (QED) is 0.398. The molecule has 0 radical (unpaired) electrons. The lowest BCUT2D eigenvalue weighted by Crippen LogP contribution is -2.07. The number of hydrogen-bond acceptors (Lipinski definition) is 5. The average molecular weight is 411 g/mol. The zero-order valence-electron chi connectivity index (χ0n) is 17.3. The number of Topliss-reactive ketones (excluding diaryl/α,β-unsaturated/α-hetero) is 1. The van der Waals surface area contributed by atoms with Crippen molar-refractivity contribution in [3.05, 3.63) is 47.3 Å². The van der Waals surface area contributed by atoms with Crippen LogP contribution in [0.5, 0.6) is 5.75 Å². The molecule has 1 aromatic carbocycles. The van der Waals surface area contributed by atoms with Gasteiger partial charge in [0, 0.05) is 29.5 Å². The van der Waals surface area contributed by atoms with Crippen LogP contribution in [0.1, 0.15) is 47.6 Å². The van der Waals surface area contributed by atoms with Crippen molar-refractivity contribution in [2.75, 3.05) is 12.9 Å². The highest BCUT2D eigenvalue weighted by molar-refractivity contribution is 7.99. The van der Waals surface area contributed by atoms with Crippen LogP contribution < -0.4 is 4.74 Å². The van der Waals surface area contributed by atoms with Crippen molar-refractivity contribution >= 4 is 17.5 Å². The molecule has 0 unspecified atom stereocenters. The smallest absolute Gasteiger partial charge is 0.191 e. The van der Waals surface area contributed by atoms with Crippen LogP contribution >= 0.6 is 11.8 Å². The molecule has 0 spiro atoms. The lowest BCUT2D eigenvalue weighted by molar-refractivity contribution is 0.102.